The summed E-state index contributed by atoms with van der Waals surface area (Å²) in [6.45, 7) is 5.69. The molecule has 0 unspecified atom stereocenters. The van der Waals surface area contributed by atoms with Crippen molar-refractivity contribution in [1.29, 1.82) is 0 Å². The highest BCUT2D eigenvalue weighted by atomic mass is 16.5. The largest absolute Gasteiger partial charge is 0.451 e. The van der Waals surface area contributed by atoms with Gasteiger partial charge in [0.1, 0.15) is 0 Å². The first-order valence-electron chi connectivity index (χ1n) is 8.47. The van der Waals surface area contributed by atoms with Crippen molar-refractivity contribution < 1.29 is 14.3 Å². The molecule has 0 aliphatic heterocycles. The topological polar surface area (TPSA) is 84.1 Å². The molecule has 0 saturated heterocycles. The van der Waals surface area contributed by atoms with Crippen LogP contribution in [0.3, 0.4) is 0 Å². The number of aryl methyl sites for hydroxylation is 1. The predicted molar refractivity (Wildman–Crippen MR) is 100 cm³/mol. The number of para-hydroxylation sites is 2. The van der Waals surface area contributed by atoms with Gasteiger partial charge < -0.3 is 10.1 Å². The summed E-state index contributed by atoms with van der Waals surface area (Å²) in [4.78, 5) is 24.5. The predicted octanol–water partition coefficient (Wildman–Crippen LogP) is 3.79. The lowest BCUT2D eigenvalue weighted by molar-refractivity contribution is -0.119. The van der Waals surface area contributed by atoms with Crippen LogP contribution in [0.25, 0.3) is 10.9 Å². The zero-order chi connectivity index (χ0) is 18.7. The molecule has 2 aromatic carbocycles. The molecule has 0 aliphatic carbocycles. The zero-order valence-corrected chi connectivity index (χ0v) is 15.0. The number of nitrogens with one attached hydrogen (secondary N) is 2. The minimum absolute atomic E-state index is 0.173. The van der Waals surface area contributed by atoms with Crippen LogP contribution in [-0.4, -0.2) is 28.7 Å². The van der Waals surface area contributed by atoms with E-state index in [1.54, 1.807) is 6.07 Å². The number of carbonyl (C=O) groups excluding carboxylic acids is 2. The van der Waals surface area contributed by atoms with Gasteiger partial charge in [0.2, 0.25) is 0 Å². The van der Waals surface area contributed by atoms with Crippen molar-refractivity contribution in [2.75, 3.05) is 11.9 Å². The number of benzene rings is 2. The Labute approximate surface area is 151 Å². The molecule has 0 aliphatic rings. The molecule has 1 aromatic heterocycles. The van der Waals surface area contributed by atoms with Crippen LogP contribution in [0, 0.1) is 6.92 Å². The zero-order valence-electron chi connectivity index (χ0n) is 15.0. The molecule has 0 fully saturated rings. The highest BCUT2D eigenvalue weighted by Crippen LogP contribution is 2.27. The molecule has 134 valence electrons. The van der Waals surface area contributed by atoms with Gasteiger partial charge in [0.15, 0.2) is 12.3 Å². The number of hydrogen-bond donors (Lipinski definition) is 2. The summed E-state index contributed by atoms with van der Waals surface area (Å²) in [5, 5.41) is 10.3. The molecule has 2 N–H and O–H groups in total. The number of nitrogens with zero attached hydrogens (tertiary/aromatic N) is 1. The van der Waals surface area contributed by atoms with Crippen molar-refractivity contribution in [1.82, 2.24) is 10.2 Å². The van der Waals surface area contributed by atoms with Crippen LogP contribution in [0.2, 0.25) is 0 Å². The summed E-state index contributed by atoms with van der Waals surface area (Å²) in [6.07, 6.45) is 0. The molecule has 1 amide bonds. The van der Waals surface area contributed by atoms with Crippen LogP contribution in [0.4, 0.5) is 5.69 Å². The minimum atomic E-state index is -0.633. The standard InChI is InChI=1S/C20H21N3O3/c1-12(2)14-9-6-7-13(3)18(14)21-17(24)11-26-20(25)19-15-8-4-5-10-16(15)22-23-19/h4-10,12H,11H2,1-3H3,(H,21,24)(H,22,23). The van der Waals surface area contributed by atoms with Gasteiger partial charge in [0.25, 0.3) is 5.91 Å². The number of carbonyl (C=O) groups is 2. The number of rotatable bonds is 5. The van der Waals surface area contributed by atoms with E-state index in [4.69, 9.17) is 4.74 Å². The Morgan fingerprint density at radius 2 is 1.92 bits per heavy atom. The third-order valence-corrected chi connectivity index (χ3v) is 4.19. The molecule has 6 nitrogen and oxygen atoms in total. The van der Waals surface area contributed by atoms with E-state index >= 15 is 0 Å². The summed E-state index contributed by atoms with van der Waals surface area (Å²) >= 11 is 0. The maximum absolute atomic E-state index is 12.3. The molecule has 0 bridgehead atoms. The Morgan fingerprint density at radius 1 is 1.15 bits per heavy atom. The van der Waals surface area contributed by atoms with Crippen LogP contribution in [0.1, 0.15) is 41.4 Å². The number of H-pyrrole nitrogens is 1. The Balaban J connectivity index is 1.67. The summed E-state index contributed by atoms with van der Waals surface area (Å²) in [5.41, 5.74) is 3.70. The van der Waals surface area contributed by atoms with Crippen molar-refractivity contribution in [3.8, 4) is 0 Å². The van der Waals surface area contributed by atoms with Crippen molar-refractivity contribution in [2.24, 2.45) is 0 Å². The number of fused-ring (bicyclic) bond motifs is 1. The maximum Gasteiger partial charge on any atom is 0.359 e. The Morgan fingerprint density at radius 3 is 2.69 bits per heavy atom. The number of amides is 1. The second kappa shape index (κ2) is 7.39. The SMILES string of the molecule is Cc1cccc(C(C)C)c1NC(=O)COC(=O)c1n[nH]c2ccccc12. The molecule has 3 aromatic rings. The van der Waals surface area contributed by atoms with E-state index < -0.39 is 5.97 Å². The van der Waals surface area contributed by atoms with E-state index in [0.717, 1.165) is 22.3 Å². The molecule has 0 radical (unpaired) electrons. The average Bonchev–Trinajstić information content (AvgIpc) is 3.05. The summed E-state index contributed by atoms with van der Waals surface area (Å²) in [6, 6.07) is 13.1. The number of anilines is 1. The van der Waals surface area contributed by atoms with Gasteiger partial charge >= 0.3 is 5.97 Å². The molecule has 6 heteroatoms. The Bertz CT molecular complexity index is 960. The maximum atomic E-state index is 12.3. The van der Waals surface area contributed by atoms with E-state index in [1.165, 1.54) is 0 Å². The summed E-state index contributed by atoms with van der Waals surface area (Å²) < 4.78 is 5.14. The molecule has 0 spiro atoms. The van der Waals surface area contributed by atoms with Crippen LogP contribution >= 0.6 is 0 Å². The normalized spacial score (nSPS) is 10.9. The fourth-order valence-corrected chi connectivity index (χ4v) is 2.84. The van der Waals surface area contributed by atoms with Gasteiger partial charge in [-0.2, -0.15) is 5.10 Å². The molecule has 3 rings (SSSR count). The fraction of sp³-hybridized carbons (Fsp3) is 0.250. The van der Waals surface area contributed by atoms with Crippen molar-refractivity contribution in [3.63, 3.8) is 0 Å². The Kier molecular flexibility index (Phi) is 5.02. The number of aromatic amines is 1. The monoisotopic (exact) mass is 351 g/mol. The first kappa shape index (κ1) is 17.7. The second-order valence-electron chi connectivity index (χ2n) is 6.44. The van der Waals surface area contributed by atoms with Gasteiger partial charge in [-0.05, 0) is 30.0 Å². The van der Waals surface area contributed by atoms with Gasteiger partial charge in [-0.25, -0.2) is 4.79 Å². The average molecular weight is 351 g/mol. The van der Waals surface area contributed by atoms with Crippen molar-refractivity contribution in [2.45, 2.75) is 26.7 Å². The molecular weight excluding hydrogens is 330 g/mol. The molecule has 1 heterocycles. The van der Waals surface area contributed by atoms with E-state index in [-0.39, 0.29) is 24.1 Å². The van der Waals surface area contributed by atoms with Gasteiger partial charge in [-0.15, -0.1) is 0 Å². The lowest BCUT2D eigenvalue weighted by atomic mass is 9.98. The highest BCUT2D eigenvalue weighted by molar-refractivity contribution is 6.03. The molecular formula is C20H21N3O3. The van der Waals surface area contributed by atoms with Gasteiger partial charge in [-0.3, -0.25) is 9.89 Å². The van der Waals surface area contributed by atoms with Crippen LogP contribution in [-0.2, 0) is 9.53 Å². The number of esters is 1. The van der Waals surface area contributed by atoms with Crippen molar-refractivity contribution in [3.05, 3.63) is 59.3 Å². The van der Waals surface area contributed by atoms with E-state index in [1.807, 2.05) is 43.3 Å². The third-order valence-electron chi connectivity index (χ3n) is 4.19. The quantitative estimate of drug-likeness (QED) is 0.685. The molecule has 26 heavy (non-hydrogen) atoms. The fourth-order valence-electron chi connectivity index (χ4n) is 2.84. The summed E-state index contributed by atoms with van der Waals surface area (Å²) in [7, 11) is 0. The molecule has 0 atom stereocenters. The lowest BCUT2D eigenvalue weighted by Crippen LogP contribution is -2.22. The number of aromatic nitrogens is 2. The third kappa shape index (κ3) is 3.59. The second-order valence-corrected chi connectivity index (χ2v) is 6.44. The number of hydrogen-bond acceptors (Lipinski definition) is 4. The van der Waals surface area contributed by atoms with Crippen molar-refractivity contribution >= 4 is 28.5 Å². The summed E-state index contributed by atoms with van der Waals surface area (Å²) in [5.74, 6) is -0.746. The first-order chi connectivity index (χ1) is 12.5. The van der Waals surface area contributed by atoms with Crippen LogP contribution in [0.5, 0.6) is 0 Å². The van der Waals surface area contributed by atoms with E-state index in [9.17, 15) is 9.59 Å². The van der Waals surface area contributed by atoms with Gasteiger partial charge in [0, 0.05) is 11.1 Å². The van der Waals surface area contributed by atoms with Gasteiger partial charge in [0.05, 0.1) is 5.52 Å². The van der Waals surface area contributed by atoms with Gasteiger partial charge in [-0.1, -0.05) is 50.2 Å². The van der Waals surface area contributed by atoms with Crippen LogP contribution < -0.4 is 5.32 Å². The molecule has 0 saturated carbocycles. The van der Waals surface area contributed by atoms with E-state index in [0.29, 0.717) is 5.39 Å². The first-order valence-corrected chi connectivity index (χ1v) is 8.47. The Hall–Kier alpha value is -3.15. The smallest absolute Gasteiger partial charge is 0.359 e. The lowest BCUT2D eigenvalue weighted by Gasteiger charge is -2.16. The highest BCUT2D eigenvalue weighted by Gasteiger charge is 2.18. The number of ether oxygens (including phenoxy) is 1. The minimum Gasteiger partial charge on any atom is -0.451 e. The van der Waals surface area contributed by atoms with E-state index in [2.05, 4.69) is 29.4 Å². The van der Waals surface area contributed by atoms with Crippen LogP contribution in [0.15, 0.2) is 42.5 Å².